The number of nitrogen functional groups attached to an aromatic ring is 1. The number of fused-ring (bicyclic) bond motifs is 1. The third-order valence-corrected chi connectivity index (χ3v) is 4.52. The lowest BCUT2D eigenvalue weighted by Crippen LogP contribution is -2.11. The average molecular weight is 354 g/mol. The second kappa shape index (κ2) is 7.17. The van der Waals surface area contributed by atoms with Crippen LogP contribution in [0.3, 0.4) is 0 Å². The molecule has 0 aliphatic carbocycles. The van der Waals surface area contributed by atoms with Crippen LogP contribution in [0.4, 0.5) is 11.8 Å². The van der Waals surface area contributed by atoms with Gasteiger partial charge in [0.15, 0.2) is 0 Å². The van der Waals surface area contributed by atoms with Gasteiger partial charge in [-0.25, -0.2) is 9.97 Å². The molecular formula is C18H22N6O2. The lowest BCUT2D eigenvalue weighted by molar-refractivity contribution is 0.193. The van der Waals surface area contributed by atoms with Crippen molar-refractivity contribution in [1.29, 1.82) is 0 Å². The van der Waals surface area contributed by atoms with Gasteiger partial charge in [-0.15, -0.1) is 0 Å². The molecule has 0 saturated carbocycles. The summed E-state index contributed by atoms with van der Waals surface area (Å²) in [7, 11) is 1.65. The summed E-state index contributed by atoms with van der Waals surface area (Å²) in [6, 6.07) is 7.76. The van der Waals surface area contributed by atoms with E-state index in [-0.39, 0.29) is 5.95 Å². The first-order valence-corrected chi connectivity index (χ1v) is 8.70. The van der Waals surface area contributed by atoms with Gasteiger partial charge < -0.3 is 25.5 Å². The number of H-pyrrole nitrogens is 1. The molecule has 2 aromatic heterocycles. The summed E-state index contributed by atoms with van der Waals surface area (Å²) in [5.41, 5.74) is 8.69. The molecule has 4 N–H and O–H groups in total. The molecular weight excluding hydrogens is 332 g/mol. The highest BCUT2D eigenvalue weighted by Gasteiger charge is 2.20. The molecule has 0 bridgehead atoms. The molecule has 3 heterocycles. The third kappa shape index (κ3) is 3.55. The van der Waals surface area contributed by atoms with Crippen molar-refractivity contribution < 1.29 is 9.47 Å². The van der Waals surface area contributed by atoms with Crippen LogP contribution in [0.15, 0.2) is 24.3 Å². The predicted octanol–water partition coefficient (Wildman–Crippen LogP) is 2.10. The number of ether oxygens (including phenoxy) is 2. The van der Waals surface area contributed by atoms with Crippen molar-refractivity contribution in [3.05, 3.63) is 35.8 Å². The number of nitrogens with two attached hydrogens (primary N) is 1. The second-order valence-corrected chi connectivity index (χ2v) is 6.34. The fourth-order valence-electron chi connectivity index (χ4n) is 3.15. The second-order valence-electron chi connectivity index (χ2n) is 6.34. The monoisotopic (exact) mass is 354 g/mol. The summed E-state index contributed by atoms with van der Waals surface area (Å²) in [6.07, 6.45) is 1.71. The zero-order valence-electron chi connectivity index (χ0n) is 14.7. The highest BCUT2D eigenvalue weighted by atomic mass is 16.5. The number of hydrogen-bond acceptors (Lipinski definition) is 7. The zero-order valence-corrected chi connectivity index (χ0v) is 14.7. The van der Waals surface area contributed by atoms with Gasteiger partial charge in [-0.3, -0.25) is 0 Å². The van der Waals surface area contributed by atoms with E-state index in [1.807, 2.05) is 24.3 Å². The number of nitrogens with zero attached hydrogens (tertiary/aromatic N) is 3. The topological polar surface area (TPSA) is 111 Å². The molecule has 3 aromatic rings. The first kappa shape index (κ1) is 16.6. The van der Waals surface area contributed by atoms with Crippen molar-refractivity contribution in [3.8, 4) is 5.75 Å². The Morgan fingerprint density at radius 1 is 1.31 bits per heavy atom. The summed E-state index contributed by atoms with van der Waals surface area (Å²) in [4.78, 5) is 16.5. The largest absolute Gasteiger partial charge is 0.497 e. The number of aromatic amines is 1. The molecule has 0 radical (unpaired) electrons. The minimum absolute atomic E-state index is 0.285. The minimum atomic E-state index is 0.285. The number of hydrogen-bond donors (Lipinski definition) is 3. The molecule has 136 valence electrons. The van der Waals surface area contributed by atoms with Gasteiger partial charge in [-0.2, -0.15) is 4.98 Å². The van der Waals surface area contributed by atoms with E-state index in [9.17, 15) is 0 Å². The maximum Gasteiger partial charge on any atom is 0.222 e. The van der Waals surface area contributed by atoms with E-state index < -0.39 is 0 Å². The Kier molecular flexibility index (Phi) is 4.57. The molecule has 4 rings (SSSR count). The average Bonchev–Trinajstić information content (AvgIpc) is 3.30. The smallest absolute Gasteiger partial charge is 0.222 e. The third-order valence-electron chi connectivity index (χ3n) is 4.52. The highest BCUT2D eigenvalue weighted by Crippen LogP contribution is 2.25. The summed E-state index contributed by atoms with van der Waals surface area (Å²) < 4.78 is 10.7. The summed E-state index contributed by atoms with van der Waals surface area (Å²) >= 11 is 0. The fourth-order valence-corrected chi connectivity index (χ4v) is 3.15. The first-order valence-electron chi connectivity index (χ1n) is 8.70. The lowest BCUT2D eigenvalue weighted by Gasteiger charge is -2.11. The predicted molar refractivity (Wildman–Crippen MR) is 99.5 cm³/mol. The molecule has 26 heavy (non-hydrogen) atoms. The van der Waals surface area contributed by atoms with Crippen molar-refractivity contribution in [2.75, 3.05) is 37.9 Å². The zero-order chi connectivity index (χ0) is 17.9. The normalized spacial score (nSPS) is 16.9. The van der Waals surface area contributed by atoms with Gasteiger partial charge in [-0.05, 0) is 18.6 Å². The van der Waals surface area contributed by atoms with E-state index in [0.29, 0.717) is 19.1 Å². The molecule has 1 atom stereocenters. The van der Waals surface area contributed by atoms with Gasteiger partial charge in [0.25, 0.3) is 0 Å². The molecule has 0 spiro atoms. The number of nitrogens with one attached hydrogen (secondary N) is 2. The number of methoxy groups -OCH3 is 1. The van der Waals surface area contributed by atoms with Crippen LogP contribution in [0.25, 0.3) is 11.0 Å². The van der Waals surface area contributed by atoms with Crippen molar-refractivity contribution in [1.82, 2.24) is 19.9 Å². The van der Waals surface area contributed by atoms with E-state index in [1.165, 1.54) is 0 Å². The molecule has 8 nitrogen and oxygen atoms in total. The van der Waals surface area contributed by atoms with Crippen LogP contribution in [0.2, 0.25) is 0 Å². The van der Waals surface area contributed by atoms with E-state index >= 15 is 0 Å². The van der Waals surface area contributed by atoms with E-state index in [4.69, 9.17) is 15.2 Å². The van der Waals surface area contributed by atoms with Crippen LogP contribution in [0.1, 0.15) is 23.9 Å². The number of imidazole rings is 1. The van der Waals surface area contributed by atoms with Gasteiger partial charge in [0.05, 0.1) is 30.4 Å². The molecule has 1 aliphatic rings. The molecule has 1 aromatic carbocycles. The Labute approximate surface area is 151 Å². The minimum Gasteiger partial charge on any atom is -0.497 e. The van der Waals surface area contributed by atoms with Gasteiger partial charge in [0.2, 0.25) is 5.95 Å². The molecule has 1 fully saturated rings. The summed E-state index contributed by atoms with van der Waals surface area (Å²) in [5.74, 6) is 3.04. The number of aromatic nitrogens is 4. The molecule has 1 saturated heterocycles. The van der Waals surface area contributed by atoms with Crippen LogP contribution >= 0.6 is 0 Å². The van der Waals surface area contributed by atoms with Crippen LogP contribution in [-0.2, 0) is 11.2 Å². The highest BCUT2D eigenvalue weighted by molar-refractivity contribution is 5.76. The van der Waals surface area contributed by atoms with Gasteiger partial charge in [-0.1, -0.05) is 0 Å². The molecule has 8 heteroatoms. The van der Waals surface area contributed by atoms with Crippen LogP contribution in [0, 0.1) is 0 Å². The van der Waals surface area contributed by atoms with Crippen molar-refractivity contribution in [2.24, 2.45) is 0 Å². The van der Waals surface area contributed by atoms with E-state index in [1.54, 1.807) is 7.11 Å². The van der Waals surface area contributed by atoms with Gasteiger partial charge >= 0.3 is 0 Å². The van der Waals surface area contributed by atoms with Crippen molar-refractivity contribution in [2.45, 2.75) is 18.8 Å². The molecule has 1 aliphatic heterocycles. The summed E-state index contributed by atoms with van der Waals surface area (Å²) in [5, 5.41) is 3.31. The number of rotatable bonds is 6. The van der Waals surface area contributed by atoms with Gasteiger partial charge in [0.1, 0.15) is 17.4 Å². The Hall–Kier alpha value is -2.87. The Morgan fingerprint density at radius 2 is 2.23 bits per heavy atom. The first-order chi connectivity index (χ1) is 12.7. The molecule has 0 amide bonds. The van der Waals surface area contributed by atoms with E-state index in [0.717, 1.165) is 53.6 Å². The maximum absolute atomic E-state index is 5.85. The fraction of sp³-hybridized carbons (Fsp3) is 0.389. The van der Waals surface area contributed by atoms with Crippen molar-refractivity contribution in [3.63, 3.8) is 0 Å². The Morgan fingerprint density at radius 3 is 3.04 bits per heavy atom. The van der Waals surface area contributed by atoms with Crippen LogP contribution in [0.5, 0.6) is 5.75 Å². The maximum atomic E-state index is 5.85. The van der Waals surface area contributed by atoms with E-state index in [2.05, 4.69) is 25.3 Å². The number of benzene rings is 1. The quantitative estimate of drug-likeness (QED) is 0.621. The van der Waals surface area contributed by atoms with Crippen LogP contribution < -0.4 is 15.8 Å². The summed E-state index contributed by atoms with van der Waals surface area (Å²) in [6.45, 7) is 2.15. The number of anilines is 2. The molecule has 0 unspecified atom stereocenters. The van der Waals surface area contributed by atoms with Gasteiger partial charge in [0, 0.05) is 37.6 Å². The SMILES string of the molecule is COc1ccc2nc(CCNc3cc([C@H]4CCOC4)nc(N)n3)[nH]c2c1. The van der Waals surface area contributed by atoms with Crippen LogP contribution in [-0.4, -0.2) is 46.8 Å². The lowest BCUT2D eigenvalue weighted by atomic mass is 10.0. The standard InChI is InChI=1S/C18H22N6O2/c1-25-12-2-3-13-15(8-12)22-16(21-13)4-6-20-17-9-14(23-18(19)24-17)11-5-7-26-10-11/h2-3,8-9,11H,4-7,10H2,1H3,(H,21,22)(H3,19,20,23,24)/t11-/m0/s1. The van der Waals surface area contributed by atoms with Crippen molar-refractivity contribution >= 4 is 22.8 Å². The Balaban J connectivity index is 1.41. The Bertz CT molecular complexity index is 904.